The molecule has 4 nitrogen and oxygen atoms in total. The SMILES string of the molecule is CC(C)CC(OC(=O)C(C)(C)C(C)(C)C(=O)O)C(C)C. The van der Waals surface area contributed by atoms with Crippen LogP contribution in [0.1, 0.15) is 61.8 Å². The smallest absolute Gasteiger partial charge is 0.312 e. The number of rotatable bonds is 7. The second-order valence-corrected chi connectivity index (χ2v) is 7.37. The molecule has 0 bridgehead atoms. The minimum atomic E-state index is -1.18. The van der Waals surface area contributed by atoms with Gasteiger partial charge in [0.15, 0.2) is 0 Å². The van der Waals surface area contributed by atoms with Crippen molar-refractivity contribution in [2.75, 3.05) is 0 Å². The quantitative estimate of drug-likeness (QED) is 0.724. The zero-order chi connectivity index (χ0) is 16.3. The van der Waals surface area contributed by atoms with Crippen LogP contribution < -0.4 is 0 Å². The molecule has 0 heterocycles. The molecule has 0 aromatic rings. The monoisotopic (exact) mass is 286 g/mol. The number of carbonyl (C=O) groups excluding carboxylic acids is 1. The summed E-state index contributed by atoms with van der Waals surface area (Å²) in [4.78, 5) is 23.8. The molecule has 0 aliphatic rings. The summed E-state index contributed by atoms with van der Waals surface area (Å²) in [6.07, 6.45) is 0.610. The summed E-state index contributed by atoms with van der Waals surface area (Å²) in [5, 5.41) is 9.31. The third-order valence-corrected chi connectivity index (χ3v) is 4.31. The zero-order valence-corrected chi connectivity index (χ0v) is 14.1. The van der Waals surface area contributed by atoms with Crippen LogP contribution in [0.15, 0.2) is 0 Å². The number of carboxylic acids is 1. The van der Waals surface area contributed by atoms with Gasteiger partial charge in [-0.1, -0.05) is 27.7 Å². The van der Waals surface area contributed by atoms with Gasteiger partial charge in [0.1, 0.15) is 6.10 Å². The van der Waals surface area contributed by atoms with Crippen molar-refractivity contribution in [1.82, 2.24) is 0 Å². The van der Waals surface area contributed by atoms with Crippen LogP contribution in [0.4, 0.5) is 0 Å². The zero-order valence-electron chi connectivity index (χ0n) is 14.1. The van der Waals surface area contributed by atoms with Crippen LogP contribution in [0.3, 0.4) is 0 Å². The van der Waals surface area contributed by atoms with E-state index in [4.69, 9.17) is 4.74 Å². The maximum atomic E-state index is 12.4. The summed E-state index contributed by atoms with van der Waals surface area (Å²) < 4.78 is 5.62. The average molecular weight is 286 g/mol. The molecule has 0 aliphatic heterocycles. The Morgan fingerprint density at radius 2 is 1.45 bits per heavy atom. The summed E-state index contributed by atoms with van der Waals surface area (Å²) in [6, 6.07) is 0. The van der Waals surface area contributed by atoms with Crippen molar-refractivity contribution in [2.24, 2.45) is 22.7 Å². The minimum absolute atomic E-state index is 0.175. The van der Waals surface area contributed by atoms with E-state index in [2.05, 4.69) is 13.8 Å². The molecule has 20 heavy (non-hydrogen) atoms. The van der Waals surface area contributed by atoms with Gasteiger partial charge in [0.2, 0.25) is 0 Å². The minimum Gasteiger partial charge on any atom is -0.481 e. The van der Waals surface area contributed by atoms with Gasteiger partial charge in [-0.15, -0.1) is 0 Å². The topological polar surface area (TPSA) is 63.6 Å². The fourth-order valence-corrected chi connectivity index (χ4v) is 1.73. The number of carboxylic acid groups (broad SMARTS) is 1. The third-order valence-electron chi connectivity index (χ3n) is 4.31. The van der Waals surface area contributed by atoms with Crippen molar-refractivity contribution >= 4 is 11.9 Å². The predicted octanol–water partition coefficient (Wildman–Crippen LogP) is 3.74. The van der Waals surface area contributed by atoms with Crippen molar-refractivity contribution in [1.29, 1.82) is 0 Å². The summed E-state index contributed by atoms with van der Waals surface area (Å²) in [7, 11) is 0. The predicted molar refractivity (Wildman–Crippen MR) is 79.4 cm³/mol. The van der Waals surface area contributed by atoms with Crippen molar-refractivity contribution in [3.63, 3.8) is 0 Å². The first-order chi connectivity index (χ1) is 8.84. The first-order valence-electron chi connectivity index (χ1n) is 7.28. The molecule has 0 aliphatic carbocycles. The molecule has 1 N–H and O–H groups in total. The highest BCUT2D eigenvalue weighted by Gasteiger charge is 2.50. The van der Waals surface area contributed by atoms with Crippen LogP contribution in [-0.4, -0.2) is 23.1 Å². The van der Waals surface area contributed by atoms with Gasteiger partial charge in [-0.3, -0.25) is 9.59 Å². The second-order valence-electron chi connectivity index (χ2n) is 7.37. The molecular formula is C16H30O4. The standard InChI is InChI=1S/C16H30O4/c1-10(2)9-12(11(3)4)20-14(19)16(7,8)15(5,6)13(17)18/h10-12H,9H2,1-8H3,(H,17,18). The molecule has 0 amide bonds. The number of esters is 1. The number of carbonyl (C=O) groups is 2. The molecule has 118 valence electrons. The second kappa shape index (κ2) is 6.59. The Hall–Kier alpha value is -1.06. The molecule has 0 saturated carbocycles. The Bertz CT molecular complexity index is 353. The molecule has 0 rings (SSSR count). The van der Waals surface area contributed by atoms with E-state index in [-0.39, 0.29) is 12.0 Å². The van der Waals surface area contributed by atoms with E-state index in [1.807, 2.05) is 13.8 Å². The summed E-state index contributed by atoms with van der Waals surface area (Å²) in [5.41, 5.74) is -2.26. The van der Waals surface area contributed by atoms with E-state index in [0.29, 0.717) is 5.92 Å². The number of hydrogen-bond donors (Lipinski definition) is 1. The van der Waals surface area contributed by atoms with Crippen molar-refractivity contribution in [3.8, 4) is 0 Å². The van der Waals surface area contributed by atoms with E-state index < -0.39 is 22.8 Å². The van der Waals surface area contributed by atoms with Gasteiger partial charge in [0.25, 0.3) is 0 Å². The van der Waals surface area contributed by atoms with Crippen molar-refractivity contribution < 1.29 is 19.4 Å². The lowest BCUT2D eigenvalue weighted by Crippen LogP contribution is -2.47. The molecular weight excluding hydrogens is 256 g/mol. The number of hydrogen-bond acceptors (Lipinski definition) is 3. The van der Waals surface area contributed by atoms with Crippen LogP contribution in [-0.2, 0) is 14.3 Å². The van der Waals surface area contributed by atoms with Crippen LogP contribution in [0, 0.1) is 22.7 Å². The van der Waals surface area contributed by atoms with Gasteiger partial charge in [-0.05, 0) is 46.0 Å². The van der Waals surface area contributed by atoms with Gasteiger partial charge in [0.05, 0.1) is 10.8 Å². The highest BCUT2D eigenvalue weighted by molar-refractivity contribution is 5.86. The number of ether oxygens (including phenoxy) is 1. The van der Waals surface area contributed by atoms with E-state index in [0.717, 1.165) is 6.42 Å². The van der Waals surface area contributed by atoms with Gasteiger partial charge in [0, 0.05) is 0 Å². The molecule has 0 aromatic heterocycles. The fourth-order valence-electron chi connectivity index (χ4n) is 1.73. The van der Waals surface area contributed by atoms with E-state index in [1.165, 1.54) is 0 Å². The highest BCUT2D eigenvalue weighted by Crippen LogP contribution is 2.40. The molecule has 1 atom stereocenters. The Morgan fingerprint density at radius 3 is 1.75 bits per heavy atom. The fraction of sp³-hybridized carbons (Fsp3) is 0.875. The largest absolute Gasteiger partial charge is 0.481 e. The van der Waals surface area contributed by atoms with E-state index in [9.17, 15) is 14.7 Å². The lowest BCUT2D eigenvalue weighted by molar-refractivity contribution is -0.178. The molecule has 0 fully saturated rings. The maximum absolute atomic E-state index is 12.4. The Balaban J connectivity index is 5.10. The van der Waals surface area contributed by atoms with Gasteiger partial charge < -0.3 is 9.84 Å². The molecule has 4 heteroatoms. The van der Waals surface area contributed by atoms with Crippen LogP contribution >= 0.6 is 0 Å². The lowest BCUT2D eigenvalue weighted by atomic mass is 9.68. The van der Waals surface area contributed by atoms with E-state index >= 15 is 0 Å². The number of aliphatic carboxylic acids is 1. The average Bonchev–Trinajstić information content (AvgIpc) is 2.26. The Kier molecular flexibility index (Phi) is 6.25. The summed E-state index contributed by atoms with van der Waals surface area (Å²) in [6.45, 7) is 14.6. The normalized spacial score (nSPS) is 14.5. The molecule has 0 radical (unpaired) electrons. The molecule has 0 saturated heterocycles. The molecule has 0 spiro atoms. The van der Waals surface area contributed by atoms with Gasteiger partial charge in [-0.2, -0.15) is 0 Å². The van der Waals surface area contributed by atoms with Gasteiger partial charge in [-0.25, -0.2) is 0 Å². The Morgan fingerprint density at radius 1 is 1.00 bits per heavy atom. The first-order valence-corrected chi connectivity index (χ1v) is 7.28. The maximum Gasteiger partial charge on any atom is 0.312 e. The van der Waals surface area contributed by atoms with Crippen LogP contribution in [0.25, 0.3) is 0 Å². The van der Waals surface area contributed by atoms with Crippen molar-refractivity contribution in [2.45, 2.75) is 67.9 Å². The summed E-state index contributed by atoms with van der Waals surface area (Å²) >= 11 is 0. The van der Waals surface area contributed by atoms with Gasteiger partial charge >= 0.3 is 11.9 Å². The Labute approximate surface area is 122 Å². The van der Waals surface area contributed by atoms with Crippen molar-refractivity contribution in [3.05, 3.63) is 0 Å². The lowest BCUT2D eigenvalue weighted by Gasteiger charge is -2.37. The summed E-state index contributed by atoms with van der Waals surface area (Å²) in [5.74, 6) is -0.801. The van der Waals surface area contributed by atoms with Crippen LogP contribution in [0.2, 0.25) is 0 Å². The van der Waals surface area contributed by atoms with E-state index in [1.54, 1.807) is 27.7 Å². The van der Waals surface area contributed by atoms with Crippen LogP contribution in [0.5, 0.6) is 0 Å². The molecule has 1 unspecified atom stereocenters. The molecule has 0 aromatic carbocycles. The third kappa shape index (κ3) is 4.22. The first kappa shape index (κ1) is 18.9. The highest BCUT2D eigenvalue weighted by atomic mass is 16.5.